The van der Waals surface area contributed by atoms with Gasteiger partial charge in [0.2, 0.25) is 5.91 Å². The molecular formula is C37H38FN7O3. The van der Waals surface area contributed by atoms with Gasteiger partial charge in [0, 0.05) is 67.9 Å². The van der Waals surface area contributed by atoms with E-state index in [1.54, 1.807) is 37.7 Å². The number of anilines is 1. The van der Waals surface area contributed by atoms with Gasteiger partial charge in [0.05, 0.1) is 17.8 Å². The first-order valence-corrected chi connectivity index (χ1v) is 16.2. The predicted molar refractivity (Wildman–Crippen MR) is 182 cm³/mol. The van der Waals surface area contributed by atoms with E-state index in [4.69, 9.17) is 4.74 Å². The number of fused-ring (bicyclic) bond motifs is 1. The number of hydrogen-bond donors (Lipinski definition) is 2. The van der Waals surface area contributed by atoms with Crippen LogP contribution in [0, 0.1) is 5.82 Å². The summed E-state index contributed by atoms with van der Waals surface area (Å²) in [6.45, 7) is 4.76. The Morgan fingerprint density at radius 1 is 0.938 bits per heavy atom. The van der Waals surface area contributed by atoms with Gasteiger partial charge in [0.15, 0.2) is 11.4 Å². The Morgan fingerprint density at radius 3 is 2.35 bits per heavy atom. The van der Waals surface area contributed by atoms with Crippen molar-refractivity contribution in [3.8, 4) is 22.6 Å². The number of hydrogen-bond acceptors (Lipinski definition) is 7. The lowest BCUT2D eigenvalue weighted by atomic mass is 9.74. The minimum absolute atomic E-state index is 0.0248. The molecule has 11 heteroatoms. The molecular weight excluding hydrogens is 609 g/mol. The number of halogens is 1. The van der Waals surface area contributed by atoms with Gasteiger partial charge in [0.25, 0.3) is 5.91 Å². The molecule has 0 aliphatic carbocycles. The van der Waals surface area contributed by atoms with Crippen LogP contribution in [-0.2, 0) is 19.7 Å². The fraction of sp³-hybridized carbons (Fsp3) is 0.324. The van der Waals surface area contributed by atoms with Crippen LogP contribution in [0.25, 0.3) is 33.5 Å². The normalized spacial score (nSPS) is 19.4. The summed E-state index contributed by atoms with van der Waals surface area (Å²) in [5.74, 6) is 0.198. The van der Waals surface area contributed by atoms with Crippen LogP contribution in [-0.4, -0.2) is 87.2 Å². The second kappa shape index (κ2) is 12.9. The van der Waals surface area contributed by atoms with Crippen molar-refractivity contribution in [2.24, 2.45) is 0 Å². The number of aromatic nitrogens is 4. The molecule has 2 amide bonds. The van der Waals surface area contributed by atoms with E-state index in [0.717, 1.165) is 34.9 Å². The second-order valence-electron chi connectivity index (χ2n) is 13.0. The highest BCUT2D eigenvalue weighted by atomic mass is 19.1. The van der Waals surface area contributed by atoms with Gasteiger partial charge < -0.3 is 15.0 Å². The summed E-state index contributed by atoms with van der Waals surface area (Å²) in [6.07, 6.45) is 5.70. The number of piperidine rings is 1. The number of rotatable bonds is 8. The van der Waals surface area contributed by atoms with Crippen LogP contribution >= 0.6 is 0 Å². The molecule has 0 spiro atoms. The third-order valence-electron chi connectivity index (χ3n) is 10.0. The molecule has 0 bridgehead atoms. The number of amides is 2. The number of carbonyl (C=O) groups excluding carboxylic acids is 2. The fourth-order valence-corrected chi connectivity index (χ4v) is 6.90. The summed E-state index contributed by atoms with van der Waals surface area (Å²) < 4.78 is 19.3. The summed E-state index contributed by atoms with van der Waals surface area (Å²) in [6, 6.07) is 21.9. The van der Waals surface area contributed by atoms with Crippen molar-refractivity contribution in [1.82, 2.24) is 30.0 Å². The van der Waals surface area contributed by atoms with Gasteiger partial charge in [-0.1, -0.05) is 31.2 Å². The number of benzene rings is 3. The lowest BCUT2D eigenvalue weighted by Crippen LogP contribution is -2.49. The number of likely N-dealkylation sites (tertiary alicyclic amines) is 2. The summed E-state index contributed by atoms with van der Waals surface area (Å²) in [5, 5.41) is 11.2. The number of nitrogens with one attached hydrogen (secondary N) is 2. The molecule has 2 N–H and O–H groups in total. The van der Waals surface area contributed by atoms with Crippen LogP contribution in [0.15, 0.2) is 85.2 Å². The first kappa shape index (κ1) is 31.6. The topological polar surface area (TPSA) is 116 Å². The third kappa shape index (κ3) is 6.18. The Labute approximate surface area is 278 Å². The van der Waals surface area contributed by atoms with Crippen molar-refractivity contribution in [1.29, 1.82) is 0 Å². The van der Waals surface area contributed by atoms with Gasteiger partial charge in [0.1, 0.15) is 5.82 Å². The van der Waals surface area contributed by atoms with Crippen molar-refractivity contribution < 1.29 is 18.7 Å². The maximum atomic E-state index is 13.6. The first-order chi connectivity index (χ1) is 23.2. The van der Waals surface area contributed by atoms with Crippen LogP contribution in [0.1, 0.15) is 31.7 Å². The van der Waals surface area contributed by atoms with Crippen molar-refractivity contribution >= 4 is 28.4 Å². The molecule has 2 aromatic heterocycles. The highest BCUT2D eigenvalue weighted by Gasteiger charge is 2.46. The average Bonchev–Trinajstić information content (AvgIpc) is 3.74. The molecule has 2 aliphatic rings. The Balaban J connectivity index is 0.952. The molecule has 1 atom stereocenters. The number of nitrogens with zero attached hydrogens (tertiary/aromatic N) is 5. The Kier molecular flexibility index (Phi) is 8.49. The molecule has 2 saturated heterocycles. The van der Waals surface area contributed by atoms with Gasteiger partial charge in [-0.3, -0.25) is 19.6 Å². The standard InChI is InChI=1S/C37H38FN7O3/c1-36(27-8-4-26(5-9-27)34-39-17-3-18-40-34)14-20-45(21-15-36)32(46)23-44-19-16-37(24-44,48-2)35(47)41-29-12-13-31-30(22-29)33(43-42-31)25-6-10-28(38)11-7-25/h3-13,17-18,22H,14-16,19-21,23-24H2,1-2H3,(H,41,47)(H,42,43)/t37-/m0/s1. The Hall–Kier alpha value is -5.00. The van der Waals surface area contributed by atoms with Crippen LogP contribution in [0.3, 0.4) is 0 Å². The minimum atomic E-state index is -1.08. The Bertz CT molecular complexity index is 1920. The zero-order chi connectivity index (χ0) is 33.3. The van der Waals surface area contributed by atoms with E-state index in [1.807, 2.05) is 28.0 Å². The molecule has 3 aromatic carbocycles. The van der Waals surface area contributed by atoms with Gasteiger partial charge in [-0.25, -0.2) is 14.4 Å². The van der Waals surface area contributed by atoms with Gasteiger partial charge in [-0.2, -0.15) is 5.10 Å². The monoisotopic (exact) mass is 647 g/mol. The minimum Gasteiger partial charge on any atom is -0.367 e. The third-order valence-corrected chi connectivity index (χ3v) is 10.0. The van der Waals surface area contributed by atoms with Crippen molar-refractivity contribution in [3.63, 3.8) is 0 Å². The van der Waals surface area contributed by atoms with E-state index in [1.165, 1.54) is 17.7 Å². The first-order valence-electron chi connectivity index (χ1n) is 16.2. The summed E-state index contributed by atoms with van der Waals surface area (Å²) >= 11 is 0. The molecule has 10 nitrogen and oxygen atoms in total. The zero-order valence-corrected chi connectivity index (χ0v) is 27.1. The highest BCUT2D eigenvalue weighted by Crippen LogP contribution is 2.36. The summed E-state index contributed by atoms with van der Waals surface area (Å²) in [7, 11) is 1.54. The molecule has 0 radical (unpaired) electrons. The molecule has 0 unspecified atom stereocenters. The predicted octanol–water partition coefficient (Wildman–Crippen LogP) is 5.44. The molecule has 4 heterocycles. The van der Waals surface area contributed by atoms with Crippen molar-refractivity contribution in [2.75, 3.05) is 45.2 Å². The van der Waals surface area contributed by atoms with E-state index < -0.39 is 5.60 Å². The average molecular weight is 648 g/mol. The molecule has 0 saturated carbocycles. The van der Waals surface area contributed by atoms with Gasteiger partial charge in [-0.05, 0) is 78.8 Å². The number of aromatic amines is 1. The number of carbonyl (C=O) groups is 2. The Morgan fingerprint density at radius 2 is 1.65 bits per heavy atom. The number of ether oxygens (including phenoxy) is 1. The van der Waals surface area contributed by atoms with Crippen LogP contribution in [0.4, 0.5) is 10.1 Å². The van der Waals surface area contributed by atoms with Crippen molar-refractivity contribution in [3.05, 3.63) is 96.6 Å². The molecule has 246 valence electrons. The van der Waals surface area contributed by atoms with Gasteiger partial charge >= 0.3 is 0 Å². The summed E-state index contributed by atoms with van der Waals surface area (Å²) in [4.78, 5) is 39.7. The van der Waals surface area contributed by atoms with Gasteiger partial charge in [-0.15, -0.1) is 0 Å². The lowest BCUT2D eigenvalue weighted by molar-refractivity contribution is -0.138. The summed E-state index contributed by atoms with van der Waals surface area (Å²) in [5.41, 5.74) is 3.96. The molecule has 7 rings (SSSR count). The SMILES string of the molecule is CO[C@@]1(C(=O)Nc2ccc3[nH]nc(-c4ccc(F)cc4)c3c2)CCN(CC(=O)N2CCC(C)(c3ccc(-c4ncccn4)cc3)CC2)C1. The van der Waals surface area contributed by atoms with E-state index >= 15 is 0 Å². The number of H-pyrrole nitrogens is 1. The lowest BCUT2D eigenvalue weighted by Gasteiger charge is -2.40. The largest absolute Gasteiger partial charge is 0.367 e. The van der Waals surface area contributed by atoms with Crippen LogP contribution in [0.2, 0.25) is 0 Å². The van der Waals surface area contributed by atoms with E-state index in [-0.39, 0.29) is 29.6 Å². The number of methoxy groups -OCH3 is 1. The van der Waals surface area contributed by atoms with Crippen molar-refractivity contribution in [2.45, 2.75) is 37.2 Å². The maximum Gasteiger partial charge on any atom is 0.258 e. The fourth-order valence-electron chi connectivity index (χ4n) is 6.90. The van der Waals surface area contributed by atoms with E-state index in [9.17, 15) is 14.0 Å². The van der Waals surface area contributed by atoms with Crippen LogP contribution < -0.4 is 5.32 Å². The molecule has 48 heavy (non-hydrogen) atoms. The smallest absolute Gasteiger partial charge is 0.258 e. The molecule has 2 fully saturated rings. The zero-order valence-electron chi connectivity index (χ0n) is 27.1. The highest BCUT2D eigenvalue weighted by molar-refractivity contribution is 6.01. The van der Waals surface area contributed by atoms with Crippen LogP contribution in [0.5, 0.6) is 0 Å². The van der Waals surface area contributed by atoms with E-state index in [0.29, 0.717) is 49.8 Å². The molecule has 2 aliphatic heterocycles. The van der Waals surface area contributed by atoms with E-state index in [2.05, 4.69) is 56.7 Å². The quantitative estimate of drug-likeness (QED) is 0.231. The molecule has 5 aromatic rings. The second-order valence-corrected chi connectivity index (χ2v) is 13.0. The maximum absolute atomic E-state index is 13.6.